The zero-order valence-corrected chi connectivity index (χ0v) is 43.8. The van der Waals surface area contributed by atoms with Gasteiger partial charge in [0.25, 0.3) is 0 Å². The van der Waals surface area contributed by atoms with E-state index >= 15 is 0 Å². The van der Waals surface area contributed by atoms with Gasteiger partial charge in [-0.15, -0.1) is 0 Å². The predicted molar refractivity (Wildman–Crippen MR) is 271 cm³/mol. The van der Waals surface area contributed by atoms with Gasteiger partial charge in [0.15, 0.2) is 0 Å². The quantitative estimate of drug-likeness (QED) is 0.125. The SMILES string of the molecule is CC(C)C(=O)C1CCC1.CC(C)Cc1ccc(C(F)(F)F)cc1.CC(C)Cc1ccc(F)cc1F.CCCC(=O)C(C)C.Cc1cc(Cl)ccc1CC(C)C.Cc1ccc(CC(C)C)cc1. The van der Waals surface area contributed by atoms with Crippen molar-refractivity contribution in [1.82, 2.24) is 0 Å². The molecule has 4 aromatic carbocycles. The minimum absolute atomic E-state index is 0.231. The lowest BCUT2D eigenvalue weighted by molar-refractivity contribution is -0.137. The first-order chi connectivity index (χ1) is 30.7. The van der Waals surface area contributed by atoms with Crippen LogP contribution >= 0.6 is 11.6 Å². The van der Waals surface area contributed by atoms with Crippen LogP contribution in [0, 0.1) is 66.9 Å². The van der Waals surface area contributed by atoms with E-state index in [0.717, 1.165) is 73.2 Å². The summed E-state index contributed by atoms with van der Waals surface area (Å²) < 4.78 is 62.0. The molecule has 0 aromatic heterocycles. The smallest absolute Gasteiger partial charge is 0.299 e. The molecule has 1 aliphatic rings. The highest BCUT2D eigenvalue weighted by Gasteiger charge is 2.30. The molecule has 0 heterocycles. The molecule has 5 rings (SSSR count). The third kappa shape index (κ3) is 29.0. The molecule has 0 aliphatic heterocycles. The average molecular weight is 944 g/mol. The Kier molecular flexibility index (Phi) is 30.9. The van der Waals surface area contributed by atoms with Gasteiger partial charge in [-0.2, -0.15) is 13.2 Å². The van der Waals surface area contributed by atoms with Gasteiger partial charge >= 0.3 is 6.18 Å². The fraction of sp³-hybridized carbons (Fsp3) is 0.552. The summed E-state index contributed by atoms with van der Waals surface area (Å²) in [6.07, 6.45) is 4.88. The van der Waals surface area contributed by atoms with Gasteiger partial charge in [-0.25, -0.2) is 8.78 Å². The Labute approximate surface area is 402 Å². The molecule has 2 nitrogen and oxygen atoms in total. The molecule has 1 saturated carbocycles. The third-order valence-corrected chi connectivity index (χ3v) is 10.7. The molecule has 4 aromatic rings. The molecule has 0 amide bonds. The van der Waals surface area contributed by atoms with Crippen molar-refractivity contribution >= 4 is 23.2 Å². The van der Waals surface area contributed by atoms with Gasteiger partial charge in [-0.3, -0.25) is 9.59 Å². The Morgan fingerprint density at radius 2 is 1.06 bits per heavy atom. The summed E-state index contributed by atoms with van der Waals surface area (Å²) in [6.45, 7) is 31.2. The fourth-order valence-electron chi connectivity index (χ4n) is 6.65. The number of halogens is 6. The van der Waals surface area contributed by atoms with E-state index in [1.165, 1.54) is 47.2 Å². The number of hydrogen-bond donors (Lipinski definition) is 0. The molecule has 0 atom stereocenters. The van der Waals surface area contributed by atoms with Crippen molar-refractivity contribution in [1.29, 1.82) is 0 Å². The number of carbonyl (C=O) groups is 2. The number of hydrogen-bond acceptors (Lipinski definition) is 2. The maximum atomic E-state index is 13.0. The van der Waals surface area contributed by atoms with Crippen LogP contribution in [0.2, 0.25) is 5.02 Å². The van der Waals surface area contributed by atoms with Gasteiger partial charge in [0, 0.05) is 35.3 Å². The van der Waals surface area contributed by atoms with Gasteiger partial charge in [-0.05, 0) is 141 Å². The first-order valence-corrected chi connectivity index (χ1v) is 24.5. The van der Waals surface area contributed by atoms with E-state index < -0.39 is 23.4 Å². The number of ketones is 2. The molecule has 66 heavy (non-hydrogen) atoms. The molecular weight excluding hydrogens is 859 g/mol. The van der Waals surface area contributed by atoms with Gasteiger partial charge in [0.1, 0.15) is 23.2 Å². The molecular formula is C58H84ClF5O2. The minimum atomic E-state index is -4.23. The molecule has 0 saturated heterocycles. The zero-order chi connectivity index (χ0) is 50.7. The Balaban J connectivity index is 0.000000775. The number of Topliss-reactive ketones (excluding diaryl/α,β-unsaturated/α-hetero) is 2. The largest absolute Gasteiger partial charge is 0.416 e. The lowest BCUT2D eigenvalue weighted by Gasteiger charge is -2.25. The average Bonchev–Trinajstić information content (AvgIpc) is 3.18. The van der Waals surface area contributed by atoms with Crippen LogP contribution in [0.4, 0.5) is 22.0 Å². The Morgan fingerprint density at radius 1 is 0.606 bits per heavy atom. The summed E-state index contributed by atoms with van der Waals surface area (Å²) in [5.74, 6) is 3.16. The molecule has 8 heteroatoms. The zero-order valence-electron chi connectivity index (χ0n) is 43.1. The van der Waals surface area contributed by atoms with Gasteiger partial charge < -0.3 is 0 Å². The summed E-state index contributed by atoms with van der Waals surface area (Å²) in [4.78, 5) is 21.9. The number of aryl methyl sites for hydroxylation is 2. The molecule has 0 N–H and O–H groups in total. The Morgan fingerprint density at radius 3 is 1.39 bits per heavy atom. The van der Waals surface area contributed by atoms with E-state index in [0.29, 0.717) is 47.2 Å². The topological polar surface area (TPSA) is 34.1 Å². The van der Waals surface area contributed by atoms with E-state index in [9.17, 15) is 31.5 Å². The predicted octanol–water partition coefficient (Wildman–Crippen LogP) is 18.1. The Hall–Kier alpha value is -3.84. The minimum Gasteiger partial charge on any atom is -0.299 e. The monoisotopic (exact) mass is 943 g/mol. The summed E-state index contributed by atoms with van der Waals surface area (Å²) in [7, 11) is 0. The molecule has 1 fully saturated rings. The van der Waals surface area contributed by atoms with Crippen molar-refractivity contribution in [2.45, 2.75) is 168 Å². The van der Waals surface area contributed by atoms with Gasteiger partial charge in [0.05, 0.1) is 5.56 Å². The normalized spacial score (nSPS) is 12.2. The number of carbonyl (C=O) groups excluding carboxylic acids is 2. The van der Waals surface area contributed by atoms with Crippen molar-refractivity contribution in [2.24, 2.45) is 41.4 Å². The van der Waals surface area contributed by atoms with Crippen LogP contribution in [0.5, 0.6) is 0 Å². The van der Waals surface area contributed by atoms with E-state index in [2.05, 4.69) is 71.9 Å². The standard InChI is InChI=1S/C11H15Cl.C11H13F3.C11H16.C10H12F2.C8H14O.C7H14O/c1-8(2)6-10-4-5-11(12)7-9(10)3;1-8(2)7-9-3-5-10(6-4-9)11(12,13)14;1-9(2)8-11-6-4-10(3)5-7-11;1-7(2)5-8-3-4-9(11)6-10(8)12;1-6(2)8(9)7-4-3-5-7;1-4-5-7(8)6(2)3/h4-5,7-8H,6H2,1-3H3;3-6,8H,7H2,1-2H3;4-7,9H,8H2,1-3H3;3-4,6-7H,5H2,1-2H3;6-7H,3-5H2,1-2H3;6H,4-5H2,1-3H3. The van der Waals surface area contributed by atoms with E-state index in [4.69, 9.17) is 11.6 Å². The molecule has 0 spiro atoms. The highest BCUT2D eigenvalue weighted by molar-refractivity contribution is 6.30. The molecule has 370 valence electrons. The second-order valence-electron chi connectivity index (χ2n) is 19.9. The van der Waals surface area contributed by atoms with Crippen LogP contribution in [0.15, 0.2) is 84.9 Å². The van der Waals surface area contributed by atoms with Crippen molar-refractivity contribution in [2.75, 3.05) is 0 Å². The van der Waals surface area contributed by atoms with Crippen LogP contribution in [-0.2, 0) is 41.4 Å². The number of rotatable bonds is 13. The maximum Gasteiger partial charge on any atom is 0.416 e. The van der Waals surface area contributed by atoms with E-state index in [1.807, 2.05) is 74.4 Å². The van der Waals surface area contributed by atoms with E-state index in [1.54, 1.807) is 12.1 Å². The molecule has 0 bridgehead atoms. The second kappa shape index (κ2) is 32.8. The third-order valence-electron chi connectivity index (χ3n) is 10.5. The lowest BCUT2D eigenvalue weighted by atomic mass is 9.79. The van der Waals surface area contributed by atoms with Crippen molar-refractivity contribution in [3.63, 3.8) is 0 Å². The first kappa shape index (κ1) is 62.2. The lowest BCUT2D eigenvalue weighted by Crippen LogP contribution is -2.25. The van der Waals surface area contributed by atoms with Crippen LogP contribution in [-0.4, -0.2) is 11.6 Å². The van der Waals surface area contributed by atoms with Gasteiger partial charge in [0.2, 0.25) is 0 Å². The Bertz CT molecular complexity index is 1870. The highest BCUT2D eigenvalue weighted by atomic mass is 35.5. The fourth-order valence-corrected chi connectivity index (χ4v) is 6.88. The second-order valence-corrected chi connectivity index (χ2v) is 20.4. The van der Waals surface area contributed by atoms with E-state index in [-0.39, 0.29) is 11.8 Å². The van der Waals surface area contributed by atoms with Crippen LogP contribution < -0.4 is 0 Å². The number of benzene rings is 4. The molecule has 0 radical (unpaired) electrons. The van der Waals surface area contributed by atoms with Crippen molar-refractivity contribution in [3.05, 3.63) is 141 Å². The van der Waals surface area contributed by atoms with Crippen LogP contribution in [0.3, 0.4) is 0 Å². The number of alkyl halides is 3. The molecule has 0 unspecified atom stereocenters. The molecule has 1 aliphatic carbocycles. The summed E-state index contributed by atoms with van der Waals surface area (Å²) in [6, 6.07) is 24.0. The summed E-state index contributed by atoms with van der Waals surface area (Å²) in [5, 5.41) is 0.833. The van der Waals surface area contributed by atoms with Crippen molar-refractivity contribution < 1.29 is 31.5 Å². The van der Waals surface area contributed by atoms with Crippen LogP contribution in [0.1, 0.15) is 161 Å². The first-order valence-electron chi connectivity index (χ1n) is 24.1. The maximum absolute atomic E-state index is 13.0. The van der Waals surface area contributed by atoms with Gasteiger partial charge in [-0.1, -0.05) is 162 Å². The van der Waals surface area contributed by atoms with Crippen LogP contribution in [0.25, 0.3) is 0 Å². The summed E-state index contributed by atoms with van der Waals surface area (Å²) in [5.41, 5.74) is 6.47. The van der Waals surface area contributed by atoms with Crippen molar-refractivity contribution in [3.8, 4) is 0 Å². The highest BCUT2D eigenvalue weighted by Crippen LogP contribution is 2.30. The summed E-state index contributed by atoms with van der Waals surface area (Å²) >= 11 is 5.85.